The van der Waals surface area contributed by atoms with Crippen molar-refractivity contribution >= 4 is 11.0 Å². The van der Waals surface area contributed by atoms with E-state index in [4.69, 9.17) is 4.98 Å². The summed E-state index contributed by atoms with van der Waals surface area (Å²) in [5.41, 5.74) is 1.71. The van der Waals surface area contributed by atoms with Gasteiger partial charge < -0.3 is 9.88 Å². The van der Waals surface area contributed by atoms with Crippen LogP contribution in [0.5, 0.6) is 0 Å². The van der Waals surface area contributed by atoms with Crippen LogP contribution in [0.3, 0.4) is 0 Å². The summed E-state index contributed by atoms with van der Waals surface area (Å²) >= 11 is 0. The number of hydrogen-bond acceptors (Lipinski definition) is 2. The fraction of sp³-hybridized carbons (Fsp3) is 0.562. The third kappa shape index (κ3) is 2.22. The second kappa shape index (κ2) is 5.17. The van der Waals surface area contributed by atoms with Crippen LogP contribution in [-0.4, -0.2) is 16.1 Å². The van der Waals surface area contributed by atoms with E-state index in [0.29, 0.717) is 0 Å². The predicted molar refractivity (Wildman–Crippen MR) is 79.2 cm³/mol. The van der Waals surface area contributed by atoms with Crippen LogP contribution in [0.4, 0.5) is 4.39 Å². The molecule has 1 unspecified atom stereocenters. The van der Waals surface area contributed by atoms with Crippen molar-refractivity contribution in [2.45, 2.75) is 51.6 Å². The van der Waals surface area contributed by atoms with Gasteiger partial charge in [-0.3, -0.25) is 0 Å². The van der Waals surface area contributed by atoms with Crippen molar-refractivity contribution in [1.29, 1.82) is 0 Å². The Morgan fingerprint density at radius 1 is 1.40 bits per heavy atom. The molecule has 0 spiro atoms. The second-order valence-corrected chi connectivity index (χ2v) is 5.94. The minimum Gasteiger partial charge on any atom is -0.326 e. The zero-order valence-electron chi connectivity index (χ0n) is 12.2. The first-order valence-electron chi connectivity index (χ1n) is 7.55. The Morgan fingerprint density at radius 2 is 2.25 bits per heavy atom. The van der Waals surface area contributed by atoms with Crippen LogP contribution in [0.15, 0.2) is 18.2 Å². The predicted octanol–water partition coefficient (Wildman–Crippen LogP) is 3.57. The minimum atomic E-state index is -0.192. The summed E-state index contributed by atoms with van der Waals surface area (Å²) in [6.07, 6.45) is 4.54. The van der Waals surface area contributed by atoms with E-state index in [1.165, 1.54) is 18.9 Å². The third-order valence-electron chi connectivity index (χ3n) is 4.27. The molecular weight excluding hydrogens is 253 g/mol. The number of piperidine rings is 1. The molecule has 1 aromatic carbocycles. The minimum absolute atomic E-state index is 0.0943. The van der Waals surface area contributed by atoms with E-state index in [1.54, 1.807) is 12.1 Å². The van der Waals surface area contributed by atoms with Crippen molar-refractivity contribution in [3.63, 3.8) is 0 Å². The van der Waals surface area contributed by atoms with Crippen molar-refractivity contribution in [2.75, 3.05) is 6.54 Å². The standard InChI is InChI=1S/C16H22FN3/c1-3-10-20-14-11-12(17)6-7-13(14)19-15(20)16(2)8-4-5-9-18-16/h6-7,11,18H,3-5,8-10H2,1-2H3. The number of nitrogens with zero attached hydrogens (tertiary/aromatic N) is 2. The molecule has 0 aliphatic carbocycles. The number of imidazole rings is 1. The zero-order valence-corrected chi connectivity index (χ0v) is 12.2. The van der Waals surface area contributed by atoms with Gasteiger partial charge in [0.15, 0.2) is 0 Å². The average Bonchev–Trinajstić information content (AvgIpc) is 2.79. The van der Waals surface area contributed by atoms with Gasteiger partial charge in [-0.25, -0.2) is 9.37 Å². The van der Waals surface area contributed by atoms with E-state index < -0.39 is 0 Å². The molecule has 1 saturated heterocycles. The molecule has 3 nitrogen and oxygen atoms in total. The summed E-state index contributed by atoms with van der Waals surface area (Å²) < 4.78 is 15.7. The molecule has 1 atom stereocenters. The first-order chi connectivity index (χ1) is 9.64. The van der Waals surface area contributed by atoms with E-state index in [1.807, 2.05) is 0 Å². The van der Waals surface area contributed by atoms with Gasteiger partial charge in [-0.05, 0) is 57.4 Å². The molecule has 3 rings (SSSR count). The van der Waals surface area contributed by atoms with E-state index in [-0.39, 0.29) is 11.4 Å². The Kier molecular flexibility index (Phi) is 3.50. The van der Waals surface area contributed by atoms with Gasteiger partial charge in [0.25, 0.3) is 0 Å². The Bertz CT molecular complexity index is 611. The van der Waals surface area contributed by atoms with E-state index >= 15 is 0 Å². The molecule has 2 heterocycles. The van der Waals surface area contributed by atoms with Gasteiger partial charge in [0, 0.05) is 6.54 Å². The number of nitrogens with one attached hydrogen (secondary N) is 1. The molecular formula is C16H22FN3. The smallest absolute Gasteiger partial charge is 0.129 e. The molecule has 1 N–H and O–H groups in total. The lowest BCUT2D eigenvalue weighted by atomic mass is 9.90. The third-order valence-corrected chi connectivity index (χ3v) is 4.27. The van der Waals surface area contributed by atoms with E-state index in [0.717, 1.165) is 42.8 Å². The van der Waals surface area contributed by atoms with E-state index in [2.05, 4.69) is 23.7 Å². The van der Waals surface area contributed by atoms with Crippen molar-refractivity contribution in [3.05, 3.63) is 29.8 Å². The van der Waals surface area contributed by atoms with Crippen LogP contribution < -0.4 is 5.32 Å². The van der Waals surface area contributed by atoms with Gasteiger partial charge in [0.05, 0.1) is 16.6 Å². The highest BCUT2D eigenvalue weighted by Gasteiger charge is 2.33. The topological polar surface area (TPSA) is 29.9 Å². The lowest BCUT2D eigenvalue weighted by Crippen LogP contribution is -2.45. The van der Waals surface area contributed by atoms with Gasteiger partial charge in [-0.2, -0.15) is 0 Å². The molecule has 4 heteroatoms. The van der Waals surface area contributed by atoms with Crippen LogP contribution in [0, 0.1) is 5.82 Å². The number of halogens is 1. The molecule has 1 aliphatic heterocycles. The van der Waals surface area contributed by atoms with Crippen molar-refractivity contribution in [2.24, 2.45) is 0 Å². The summed E-state index contributed by atoms with van der Waals surface area (Å²) in [6, 6.07) is 4.88. The summed E-state index contributed by atoms with van der Waals surface area (Å²) in [5.74, 6) is 0.864. The first kappa shape index (κ1) is 13.6. The Hall–Kier alpha value is -1.42. The molecule has 108 valence electrons. The van der Waals surface area contributed by atoms with Gasteiger partial charge in [-0.1, -0.05) is 6.92 Å². The number of aryl methyl sites for hydroxylation is 1. The van der Waals surface area contributed by atoms with Gasteiger partial charge in [-0.15, -0.1) is 0 Å². The molecule has 1 aromatic heterocycles. The monoisotopic (exact) mass is 275 g/mol. The summed E-state index contributed by atoms with van der Waals surface area (Å²) in [7, 11) is 0. The molecule has 1 aliphatic rings. The molecule has 0 amide bonds. The van der Waals surface area contributed by atoms with Crippen LogP contribution in [-0.2, 0) is 12.1 Å². The molecule has 0 radical (unpaired) electrons. The maximum absolute atomic E-state index is 13.5. The van der Waals surface area contributed by atoms with Crippen LogP contribution in [0.1, 0.15) is 45.4 Å². The Labute approximate surface area is 119 Å². The van der Waals surface area contributed by atoms with Crippen LogP contribution in [0.2, 0.25) is 0 Å². The van der Waals surface area contributed by atoms with Crippen molar-refractivity contribution in [1.82, 2.24) is 14.9 Å². The summed E-state index contributed by atoms with van der Waals surface area (Å²) in [6.45, 7) is 6.27. The Balaban J connectivity index is 2.15. The molecule has 1 fully saturated rings. The summed E-state index contributed by atoms with van der Waals surface area (Å²) in [4.78, 5) is 4.80. The highest BCUT2D eigenvalue weighted by Crippen LogP contribution is 2.32. The maximum Gasteiger partial charge on any atom is 0.129 e. The highest BCUT2D eigenvalue weighted by molar-refractivity contribution is 5.76. The van der Waals surface area contributed by atoms with Crippen molar-refractivity contribution in [3.8, 4) is 0 Å². The maximum atomic E-state index is 13.5. The zero-order chi connectivity index (χ0) is 14.2. The second-order valence-electron chi connectivity index (χ2n) is 5.94. The first-order valence-corrected chi connectivity index (χ1v) is 7.55. The SMILES string of the molecule is CCCn1c(C2(C)CCCCN2)nc2ccc(F)cc21. The van der Waals surface area contributed by atoms with Gasteiger partial charge in [0.1, 0.15) is 11.6 Å². The van der Waals surface area contributed by atoms with Crippen LogP contribution >= 0.6 is 0 Å². The highest BCUT2D eigenvalue weighted by atomic mass is 19.1. The molecule has 20 heavy (non-hydrogen) atoms. The molecule has 0 saturated carbocycles. The number of aromatic nitrogens is 2. The fourth-order valence-corrected chi connectivity index (χ4v) is 3.21. The van der Waals surface area contributed by atoms with Gasteiger partial charge in [0.2, 0.25) is 0 Å². The largest absolute Gasteiger partial charge is 0.326 e. The lowest BCUT2D eigenvalue weighted by Gasteiger charge is -2.34. The molecule has 0 bridgehead atoms. The lowest BCUT2D eigenvalue weighted by molar-refractivity contribution is 0.261. The van der Waals surface area contributed by atoms with E-state index in [9.17, 15) is 4.39 Å². The number of hydrogen-bond donors (Lipinski definition) is 1. The fourth-order valence-electron chi connectivity index (χ4n) is 3.21. The number of benzene rings is 1. The normalized spacial score (nSPS) is 23.4. The van der Waals surface area contributed by atoms with Crippen molar-refractivity contribution < 1.29 is 4.39 Å². The molecule has 2 aromatic rings. The number of rotatable bonds is 3. The summed E-state index contributed by atoms with van der Waals surface area (Å²) in [5, 5.41) is 3.61. The van der Waals surface area contributed by atoms with Crippen LogP contribution in [0.25, 0.3) is 11.0 Å². The quantitative estimate of drug-likeness (QED) is 0.928. The number of fused-ring (bicyclic) bond motifs is 1. The average molecular weight is 275 g/mol. The Morgan fingerprint density at radius 3 is 2.95 bits per heavy atom. The van der Waals surface area contributed by atoms with Gasteiger partial charge >= 0.3 is 0 Å².